The summed E-state index contributed by atoms with van der Waals surface area (Å²) in [5.41, 5.74) is 8.37. The van der Waals surface area contributed by atoms with Crippen molar-refractivity contribution in [1.29, 1.82) is 0 Å². The van der Waals surface area contributed by atoms with Gasteiger partial charge in [-0.25, -0.2) is 0 Å². The average molecular weight is 366 g/mol. The number of ether oxygens (including phenoxy) is 1. The molecule has 0 aromatic heterocycles. The van der Waals surface area contributed by atoms with Crippen molar-refractivity contribution in [3.8, 4) is 0 Å². The summed E-state index contributed by atoms with van der Waals surface area (Å²) in [7, 11) is 0. The fraction of sp³-hybridized carbons (Fsp3) is 0.235. The van der Waals surface area contributed by atoms with E-state index < -0.39 is 0 Å². The maximum Gasteiger partial charge on any atom is 0.257 e. The first-order chi connectivity index (χ1) is 11.5. The molecular weight excluding hydrogens is 349 g/mol. The number of hydrogen-bond acceptors (Lipinski definition) is 4. The second-order valence-corrected chi connectivity index (χ2v) is 6.30. The van der Waals surface area contributed by atoms with Crippen molar-refractivity contribution in [3.05, 3.63) is 52.0 Å². The summed E-state index contributed by atoms with van der Waals surface area (Å²) in [4.78, 5) is 14.7. The van der Waals surface area contributed by atoms with Gasteiger partial charge in [-0.15, -0.1) is 0 Å². The van der Waals surface area contributed by atoms with E-state index in [2.05, 4.69) is 10.2 Å². The maximum atomic E-state index is 12.6. The highest BCUT2D eigenvalue weighted by Crippen LogP contribution is 2.30. The number of nitrogens with two attached hydrogens (primary N) is 1. The highest BCUT2D eigenvalue weighted by Gasteiger charge is 2.18. The monoisotopic (exact) mass is 365 g/mol. The van der Waals surface area contributed by atoms with Crippen molar-refractivity contribution >= 4 is 46.2 Å². The number of morpholine rings is 1. The van der Waals surface area contributed by atoms with Crippen LogP contribution in [0.1, 0.15) is 10.4 Å². The number of carbonyl (C=O) groups is 1. The summed E-state index contributed by atoms with van der Waals surface area (Å²) in [6.45, 7) is 2.82. The van der Waals surface area contributed by atoms with E-state index >= 15 is 0 Å². The summed E-state index contributed by atoms with van der Waals surface area (Å²) in [6, 6.07) is 10.2. The van der Waals surface area contributed by atoms with E-state index in [1.54, 1.807) is 24.3 Å². The van der Waals surface area contributed by atoms with E-state index in [0.29, 0.717) is 40.2 Å². The van der Waals surface area contributed by atoms with Crippen molar-refractivity contribution < 1.29 is 9.53 Å². The lowest BCUT2D eigenvalue weighted by Crippen LogP contribution is -2.36. The lowest BCUT2D eigenvalue weighted by molar-refractivity contribution is 0.102. The fourth-order valence-corrected chi connectivity index (χ4v) is 3.09. The zero-order valence-electron chi connectivity index (χ0n) is 12.9. The predicted molar refractivity (Wildman–Crippen MR) is 98.3 cm³/mol. The Bertz CT molecular complexity index is 761. The highest BCUT2D eigenvalue weighted by molar-refractivity contribution is 6.37. The predicted octanol–water partition coefficient (Wildman–Crippen LogP) is 3.66. The Morgan fingerprint density at radius 3 is 2.58 bits per heavy atom. The van der Waals surface area contributed by atoms with Crippen molar-refractivity contribution in [1.82, 2.24) is 0 Å². The molecule has 1 aliphatic rings. The summed E-state index contributed by atoms with van der Waals surface area (Å²) < 4.78 is 5.38. The van der Waals surface area contributed by atoms with Gasteiger partial charge in [0.1, 0.15) is 0 Å². The zero-order chi connectivity index (χ0) is 17.1. The van der Waals surface area contributed by atoms with Gasteiger partial charge in [0.2, 0.25) is 0 Å². The lowest BCUT2D eigenvalue weighted by atomic mass is 10.1. The van der Waals surface area contributed by atoms with Gasteiger partial charge < -0.3 is 20.7 Å². The molecule has 1 heterocycles. The second kappa shape index (κ2) is 7.30. The normalized spacial score (nSPS) is 14.5. The van der Waals surface area contributed by atoms with Crippen molar-refractivity contribution in [2.45, 2.75) is 0 Å². The summed E-state index contributed by atoms with van der Waals surface area (Å²) in [5, 5.41) is 3.68. The van der Waals surface area contributed by atoms with Crippen LogP contribution in [0.3, 0.4) is 0 Å². The highest BCUT2D eigenvalue weighted by atomic mass is 35.5. The molecule has 0 unspecified atom stereocenters. The molecule has 5 nitrogen and oxygen atoms in total. The Morgan fingerprint density at radius 2 is 1.88 bits per heavy atom. The van der Waals surface area contributed by atoms with E-state index in [1.165, 1.54) is 0 Å². The van der Waals surface area contributed by atoms with Gasteiger partial charge in [0, 0.05) is 23.8 Å². The molecule has 0 bridgehead atoms. The number of nitrogens with zero attached hydrogens (tertiary/aromatic N) is 1. The Morgan fingerprint density at radius 1 is 1.12 bits per heavy atom. The molecule has 2 aromatic rings. The van der Waals surface area contributed by atoms with Crippen molar-refractivity contribution in [3.63, 3.8) is 0 Å². The maximum absolute atomic E-state index is 12.6. The first kappa shape index (κ1) is 16.9. The number of benzene rings is 2. The van der Waals surface area contributed by atoms with Gasteiger partial charge in [0.05, 0.1) is 35.2 Å². The third-order valence-corrected chi connectivity index (χ3v) is 4.34. The molecule has 1 saturated heterocycles. The Hall–Kier alpha value is -1.95. The molecule has 0 spiro atoms. The van der Waals surface area contributed by atoms with Crippen LogP contribution in [0.2, 0.25) is 10.0 Å². The van der Waals surface area contributed by atoms with Gasteiger partial charge in [-0.1, -0.05) is 23.2 Å². The van der Waals surface area contributed by atoms with Crippen LogP contribution in [0.5, 0.6) is 0 Å². The van der Waals surface area contributed by atoms with Crippen LogP contribution in [0.4, 0.5) is 17.1 Å². The number of carbonyl (C=O) groups excluding carboxylic acids is 1. The minimum Gasteiger partial charge on any atom is -0.399 e. The number of halogens is 2. The van der Waals surface area contributed by atoms with Gasteiger partial charge in [0.15, 0.2) is 0 Å². The van der Waals surface area contributed by atoms with Crippen LogP contribution in [0, 0.1) is 0 Å². The van der Waals surface area contributed by atoms with E-state index in [1.807, 2.05) is 12.1 Å². The van der Waals surface area contributed by atoms with Crippen LogP contribution in [-0.4, -0.2) is 32.2 Å². The van der Waals surface area contributed by atoms with Gasteiger partial charge in [-0.3, -0.25) is 4.79 Å². The standard InChI is InChI=1S/C17H17Cl2N3O2/c18-11-1-3-13(14(19)9-11)17(23)21-15-10-12(20)2-4-16(15)22-5-7-24-8-6-22/h1-4,9-10H,5-8,20H2,(H,21,23). The third-order valence-electron chi connectivity index (χ3n) is 3.80. The summed E-state index contributed by atoms with van der Waals surface area (Å²) in [6.07, 6.45) is 0. The third kappa shape index (κ3) is 3.75. The van der Waals surface area contributed by atoms with Crippen LogP contribution in [0.25, 0.3) is 0 Å². The minimum absolute atomic E-state index is 0.303. The van der Waals surface area contributed by atoms with E-state index in [4.69, 9.17) is 33.7 Å². The molecule has 0 atom stereocenters. The molecule has 1 fully saturated rings. The molecule has 24 heavy (non-hydrogen) atoms. The molecule has 0 saturated carbocycles. The number of rotatable bonds is 3. The van der Waals surface area contributed by atoms with Gasteiger partial charge in [-0.2, -0.15) is 0 Å². The first-order valence-electron chi connectivity index (χ1n) is 7.53. The van der Waals surface area contributed by atoms with E-state index in [0.717, 1.165) is 18.8 Å². The van der Waals surface area contributed by atoms with Crippen LogP contribution in [-0.2, 0) is 4.74 Å². The largest absolute Gasteiger partial charge is 0.399 e. The number of hydrogen-bond donors (Lipinski definition) is 2. The molecule has 3 N–H and O–H groups in total. The number of anilines is 3. The summed E-state index contributed by atoms with van der Waals surface area (Å²) >= 11 is 12.0. The molecule has 1 amide bonds. The Labute approximate surface area is 150 Å². The van der Waals surface area contributed by atoms with Crippen LogP contribution in [0.15, 0.2) is 36.4 Å². The van der Waals surface area contributed by atoms with Crippen LogP contribution >= 0.6 is 23.2 Å². The molecule has 126 valence electrons. The topological polar surface area (TPSA) is 67.6 Å². The minimum atomic E-state index is -0.309. The lowest BCUT2D eigenvalue weighted by Gasteiger charge is -2.30. The van der Waals surface area contributed by atoms with Gasteiger partial charge in [0.25, 0.3) is 5.91 Å². The smallest absolute Gasteiger partial charge is 0.257 e. The second-order valence-electron chi connectivity index (χ2n) is 5.45. The zero-order valence-corrected chi connectivity index (χ0v) is 14.4. The molecular formula is C17H17Cl2N3O2. The van der Waals surface area contributed by atoms with Gasteiger partial charge >= 0.3 is 0 Å². The van der Waals surface area contributed by atoms with Gasteiger partial charge in [-0.05, 0) is 36.4 Å². The number of nitrogens with one attached hydrogen (secondary N) is 1. The summed E-state index contributed by atoms with van der Waals surface area (Å²) in [5.74, 6) is -0.309. The Kier molecular flexibility index (Phi) is 5.14. The molecule has 1 aliphatic heterocycles. The van der Waals surface area contributed by atoms with E-state index in [-0.39, 0.29) is 5.91 Å². The first-order valence-corrected chi connectivity index (χ1v) is 8.29. The molecule has 7 heteroatoms. The average Bonchev–Trinajstić information content (AvgIpc) is 2.55. The number of amides is 1. The van der Waals surface area contributed by atoms with Crippen molar-refractivity contribution in [2.24, 2.45) is 0 Å². The molecule has 3 rings (SSSR count). The molecule has 2 aromatic carbocycles. The number of nitrogen functional groups attached to an aromatic ring is 1. The van der Waals surface area contributed by atoms with Crippen LogP contribution < -0.4 is 16.0 Å². The molecule has 0 aliphatic carbocycles. The van der Waals surface area contributed by atoms with Crippen molar-refractivity contribution in [2.75, 3.05) is 42.3 Å². The molecule has 0 radical (unpaired) electrons. The van der Waals surface area contributed by atoms with E-state index in [9.17, 15) is 4.79 Å². The Balaban J connectivity index is 1.88. The SMILES string of the molecule is Nc1ccc(N2CCOCC2)c(NC(=O)c2ccc(Cl)cc2Cl)c1. The quantitative estimate of drug-likeness (QED) is 0.814. The fourth-order valence-electron chi connectivity index (χ4n) is 2.60.